The van der Waals surface area contributed by atoms with E-state index in [4.69, 9.17) is 4.74 Å². The molecule has 7 heteroatoms. The minimum atomic E-state index is -0.443. The number of rotatable bonds is 5. The first-order valence-electron chi connectivity index (χ1n) is 8.35. The smallest absolute Gasteiger partial charge is 0.238 e. The topological polar surface area (TPSA) is 90.5 Å². The number of aromatic nitrogens is 2. The molecule has 3 rings (SSSR count). The summed E-state index contributed by atoms with van der Waals surface area (Å²) in [5, 5.41) is 20.0. The molecule has 2 heterocycles. The third-order valence-corrected chi connectivity index (χ3v) is 4.60. The lowest BCUT2D eigenvalue weighted by Gasteiger charge is -2.24. The molecule has 1 saturated heterocycles. The van der Waals surface area contributed by atoms with Gasteiger partial charge in [-0.1, -0.05) is 12.1 Å². The zero-order chi connectivity index (χ0) is 18.0. The van der Waals surface area contributed by atoms with Crippen LogP contribution in [0.15, 0.2) is 24.3 Å². The van der Waals surface area contributed by atoms with Crippen molar-refractivity contribution in [3.8, 4) is 5.75 Å². The number of H-pyrrole nitrogens is 1. The number of likely N-dealkylation sites (tertiary alicyclic amines) is 1. The van der Waals surface area contributed by atoms with Gasteiger partial charge in [0.2, 0.25) is 5.91 Å². The number of carbonyl (C=O) groups is 1. The van der Waals surface area contributed by atoms with Crippen molar-refractivity contribution in [1.82, 2.24) is 15.1 Å². The van der Waals surface area contributed by atoms with Crippen molar-refractivity contribution in [2.24, 2.45) is 0 Å². The van der Waals surface area contributed by atoms with Crippen LogP contribution >= 0.6 is 0 Å². The number of anilines is 1. The standard InChI is InChI=1S/C18H24N4O3/c1-11-18(12(2)21-20-11)19-17(24)10-22-9-14(23)8-16(22)13-5-4-6-15(7-13)25-3/h4-7,14,16,23H,8-10H2,1-3H3,(H,19,24)(H,20,21)/t14-,16+/m1/s1. The number of benzene rings is 1. The summed E-state index contributed by atoms with van der Waals surface area (Å²) in [7, 11) is 1.63. The summed E-state index contributed by atoms with van der Waals surface area (Å²) in [4.78, 5) is 14.5. The zero-order valence-corrected chi connectivity index (χ0v) is 14.7. The normalized spacial score (nSPS) is 20.6. The van der Waals surface area contributed by atoms with E-state index in [9.17, 15) is 9.90 Å². The van der Waals surface area contributed by atoms with Gasteiger partial charge in [0.15, 0.2) is 0 Å². The molecule has 134 valence electrons. The molecule has 1 aromatic heterocycles. The molecule has 7 nitrogen and oxygen atoms in total. The summed E-state index contributed by atoms with van der Waals surface area (Å²) in [6.07, 6.45) is 0.158. The molecule has 0 unspecified atom stereocenters. The maximum atomic E-state index is 12.5. The van der Waals surface area contributed by atoms with Crippen LogP contribution in [0.2, 0.25) is 0 Å². The number of hydrogen-bond acceptors (Lipinski definition) is 5. The summed E-state index contributed by atoms with van der Waals surface area (Å²) in [6, 6.07) is 7.76. The second kappa shape index (κ2) is 7.25. The van der Waals surface area contributed by atoms with Crippen LogP contribution < -0.4 is 10.1 Å². The number of aliphatic hydroxyl groups excluding tert-OH is 1. The maximum Gasteiger partial charge on any atom is 0.238 e. The summed E-state index contributed by atoms with van der Waals surface area (Å²) in [5.41, 5.74) is 3.36. The second-order valence-electron chi connectivity index (χ2n) is 6.47. The fourth-order valence-electron chi connectivity index (χ4n) is 3.35. The maximum absolute atomic E-state index is 12.5. The highest BCUT2D eigenvalue weighted by molar-refractivity contribution is 5.93. The van der Waals surface area contributed by atoms with Crippen LogP contribution in [0.3, 0.4) is 0 Å². The molecule has 0 spiro atoms. The van der Waals surface area contributed by atoms with E-state index < -0.39 is 6.10 Å². The molecule has 2 aromatic rings. The van der Waals surface area contributed by atoms with Gasteiger partial charge in [-0.15, -0.1) is 0 Å². The van der Waals surface area contributed by atoms with Crippen LogP contribution in [0.5, 0.6) is 5.75 Å². The molecule has 0 saturated carbocycles. The van der Waals surface area contributed by atoms with Gasteiger partial charge in [-0.2, -0.15) is 5.10 Å². The highest BCUT2D eigenvalue weighted by Crippen LogP contribution is 2.33. The second-order valence-corrected chi connectivity index (χ2v) is 6.47. The van der Waals surface area contributed by atoms with Crippen LogP contribution in [-0.4, -0.2) is 52.4 Å². The number of nitrogens with one attached hydrogen (secondary N) is 2. The van der Waals surface area contributed by atoms with E-state index in [2.05, 4.69) is 15.5 Å². The lowest BCUT2D eigenvalue weighted by Crippen LogP contribution is -2.34. The first-order valence-corrected chi connectivity index (χ1v) is 8.35. The van der Waals surface area contributed by atoms with Gasteiger partial charge in [0, 0.05) is 12.6 Å². The molecule has 0 bridgehead atoms. The van der Waals surface area contributed by atoms with Crippen molar-refractivity contribution in [1.29, 1.82) is 0 Å². The fourth-order valence-corrected chi connectivity index (χ4v) is 3.35. The Balaban J connectivity index is 1.72. The van der Waals surface area contributed by atoms with Crippen LogP contribution in [0.1, 0.15) is 29.4 Å². The van der Waals surface area contributed by atoms with Gasteiger partial charge in [-0.25, -0.2) is 0 Å². The quantitative estimate of drug-likeness (QED) is 0.769. The van der Waals surface area contributed by atoms with E-state index >= 15 is 0 Å². The van der Waals surface area contributed by atoms with Crippen LogP contribution in [0.4, 0.5) is 5.69 Å². The first kappa shape index (κ1) is 17.4. The molecule has 1 amide bonds. The summed E-state index contributed by atoms with van der Waals surface area (Å²) >= 11 is 0. The number of amides is 1. The van der Waals surface area contributed by atoms with Gasteiger partial charge in [0.25, 0.3) is 0 Å². The van der Waals surface area contributed by atoms with Crippen LogP contribution in [-0.2, 0) is 4.79 Å². The van der Waals surface area contributed by atoms with Crippen molar-refractivity contribution in [2.45, 2.75) is 32.4 Å². The largest absolute Gasteiger partial charge is 0.497 e. The Kier molecular flexibility index (Phi) is 5.06. The van der Waals surface area contributed by atoms with E-state index in [1.165, 1.54) is 0 Å². The zero-order valence-electron chi connectivity index (χ0n) is 14.7. The molecule has 3 N–H and O–H groups in total. The first-order chi connectivity index (χ1) is 12.0. The SMILES string of the molecule is COc1cccc([C@@H]2C[C@@H](O)CN2CC(=O)Nc2c(C)n[nH]c2C)c1. The Bertz CT molecular complexity index is 739. The van der Waals surface area contributed by atoms with E-state index in [1.54, 1.807) is 7.11 Å². The number of hydrogen-bond donors (Lipinski definition) is 3. The van der Waals surface area contributed by atoms with Crippen molar-refractivity contribution < 1.29 is 14.6 Å². The number of aryl methyl sites for hydroxylation is 2. The highest BCUT2D eigenvalue weighted by atomic mass is 16.5. The molecule has 1 aliphatic rings. The van der Waals surface area contributed by atoms with E-state index in [1.807, 2.05) is 43.0 Å². The number of aromatic amines is 1. The molecular formula is C18H24N4O3. The van der Waals surface area contributed by atoms with Gasteiger partial charge in [-0.05, 0) is 38.0 Å². The Morgan fingerprint density at radius 1 is 1.48 bits per heavy atom. The van der Waals surface area contributed by atoms with E-state index in [0.29, 0.717) is 13.0 Å². The van der Waals surface area contributed by atoms with Gasteiger partial charge in [0.1, 0.15) is 5.75 Å². The molecule has 1 aromatic carbocycles. The molecule has 25 heavy (non-hydrogen) atoms. The molecular weight excluding hydrogens is 320 g/mol. The van der Waals surface area contributed by atoms with E-state index in [-0.39, 0.29) is 18.5 Å². The number of carbonyl (C=O) groups excluding carboxylic acids is 1. The predicted octanol–water partition coefficient (Wildman–Crippen LogP) is 1.78. The molecule has 1 aliphatic heterocycles. The number of β-amino-alcohol motifs (C(OH)–C–C–N with tert-alkyl or cyclic N) is 1. The average Bonchev–Trinajstić information content (AvgIpc) is 3.11. The number of aliphatic hydroxyl groups is 1. The summed E-state index contributed by atoms with van der Waals surface area (Å²) < 4.78 is 5.28. The third-order valence-electron chi connectivity index (χ3n) is 4.60. The van der Waals surface area contributed by atoms with Crippen molar-refractivity contribution in [2.75, 3.05) is 25.5 Å². The third kappa shape index (κ3) is 3.83. The van der Waals surface area contributed by atoms with Crippen molar-refractivity contribution in [3.63, 3.8) is 0 Å². The fraction of sp³-hybridized carbons (Fsp3) is 0.444. The van der Waals surface area contributed by atoms with Crippen LogP contribution in [0, 0.1) is 13.8 Å². The molecule has 2 atom stereocenters. The van der Waals surface area contributed by atoms with Gasteiger partial charge < -0.3 is 15.2 Å². The van der Waals surface area contributed by atoms with Gasteiger partial charge in [0.05, 0.1) is 36.8 Å². The minimum Gasteiger partial charge on any atom is -0.497 e. The molecule has 0 aliphatic carbocycles. The minimum absolute atomic E-state index is 0.0117. The number of methoxy groups -OCH3 is 1. The van der Waals surface area contributed by atoms with Crippen molar-refractivity contribution >= 4 is 11.6 Å². The van der Waals surface area contributed by atoms with Crippen molar-refractivity contribution in [3.05, 3.63) is 41.2 Å². The van der Waals surface area contributed by atoms with E-state index in [0.717, 1.165) is 28.4 Å². The highest BCUT2D eigenvalue weighted by Gasteiger charge is 2.33. The Labute approximate surface area is 147 Å². The average molecular weight is 344 g/mol. The van der Waals surface area contributed by atoms with Gasteiger partial charge >= 0.3 is 0 Å². The summed E-state index contributed by atoms with van der Waals surface area (Å²) in [6.45, 7) is 4.40. The Morgan fingerprint density at radius 3 is 2.96 bits per heavy atom. The monoisotopic (exact) mass is 344 g/mol. The number of nitrogens with zero attached hydrogens (tertiary/aromatic N) is 2. The molecule has 0 radical (unpaired) electrons. The number of ether oxygens (including phenoxy) is 1. The van der Waals surface area contributed by atoms with Gasteiger partial charge in [-0.3, -0.25) is 14.8 Å². The summed E-state index contributed by atoms with van der Waals surface area (Å²) in [5.74, 6) is 0.655. The lowest BCUT2D eigenvalue weighted by atomic mass is 10.0. The van der Waals surface area contributed by atoms with Crippen LogP contribution in [0.25, 0.3) is 0 Å². The molecule has 1 fully saturated rings. The predicted molar refractivity (Wildman–Crippen MR) is 94.6 cm³/mol. The Hall–Kier alpha value is -2.38. The Morgan fingerprint density at radius 2 is 2.28 bits per heavy atom. The lowest BCUT2D eigenvalue weighted by molar-refractivity contribution is -0.117.